The van der Waals surface area contributed by atoms with Gasteiger partial charge in [0, 0.05) is 19.6 Å². The van der Waals surface area contributed by atoms with Crippen molar-refractivity contribution >= 4 is 10.2 Å². The van der Waals surface area contributed by atoms with Crippen LogP contribution in [-0.2, 0) is 21.5 Å². The van der Waals surface area contributed by atoms with Gasteiger partial charge in [0.15, 0.2) is 0 Å². The molecular formula is C15H19N3O3S. The summed E-state index contributed by atoms with van der Waals surface area (Å²) in [5, 5.41) is 9.14. The van der Waals surface area contributed by atoms with Crippen molar-refractivity contribution < 1.29 is 13.2 Å². The van der Waals surface area contributed by atoms with Crippen LogP contribution >= 0.6 is 0 Å². The van der Waals surface area contributed by atoms with E-state index in [1.165, 1.54) is 4.31 Å². The molecule has 2 fully saturated rings. The minimum absolute atomic E-state index is 0.241. The maximum atomic E-state index is 12.2. The van der Waals surface area contributed by atoms with Crippen LogP contribution in [0.4, 0.5) is 0 Å². The van der Waals surface area contributed by atoms with Gasteiger partial charge in [0.05, 0.1) is 24.8 Å². The summed E-state index contributed by atoms with van der Waals surface area (Å²) < 4.78 is 33.6. The Morgan fingerprint density at radius 3 is 2.68 bits per heavy atom. The van der Waals surface area contributed by atoms with Crippen LogP contribution in [0.2, 0.25) is 0 Å². The summed E-state index contributed by atoms with van der Waals surface area (Å²) in [4.78, 5) is 0. The molecule has 7 heteroatoms. The number of ether oxygens (including phenoxy) is 1. The van der Waals surface area contributed by atoms with Crippen LogP contribution in [0.1, 0.15) is 35.4 Å². The fourth-order valence-corrected chi connectivity index (χ4v) is 3.77. The summed E-state index contributed by atoms with van der Waals surface area (Å²) in [7, 11) is -3.48. The van der Waals surface area contributed by atoms with Gasteiger partial charge in [0.1, 0.15) is 0 Å². The van der Waals surface area contributed by atoms with E-state index in [4.69, 9.17) is 10.00 Å². The monoisotopic (exact) mass is 321 g/mol. The number of benzene rings is 1. The first-order chi connectivity index (χ1) is 10.6. The summed E-state index contributed by atoms with van der Waals surface area (Å²) >= 11 is 0. The van der Waals surface area contributed by atoms with Crippen molar-refractivity contribution in [2.45, 2.75) is 25.3 Å². The van der Waals surface area contributed by atoms with Gasteiger partial charge in [0.2, 0.25) is 0 Å². The minimum atomic E-state index is -3.48. The quantitative estimate of drug-likeness (QED) is 0.880. The van der Waals surface area contributed by atoms with E-state index in [0.717, 1.165) is 24.0 Å². The van der Waals surface area contributed by atoms with Gasteiger partial charge in [-0.3, -0.25) is 0 Å². The molecular weight excluding hydrogens is 302 g/mol. The molecule has 1 aliphatic carbocycles. The second-order valence-corrected chi connectivity index (χ2v) is 7.40. The molecule has 0 bridgehead atoms. The number of nitrogens with one attached hydrogen (secondary N) is 1. The Labute approximate surface area is 130 Å². The lowest BCUT2D eigenvalue weighted by Gasteiger charge is -2.26. The molecule has 22 heavy (non-hydrogen) atoms. The zero-order chi connectivity index (χ0) is 15.6. The van der Waals surface area contributed by atoms with Crippen molar-refractivity contribution in [1.29, 1.82) is 5.26 Å². The van der Waals surface area contributed by atoms with Crippen LogP contribution in [0.3, 0.4) is 0 Å². The van der Waals surface area contributed by atoms with Crippen LogP contribution < -0.4 is 4.72 Å². The normalized spacial score (nSPS) is 19.8. The van der Waals surface area contributed by atoms with Gasteiger partial charge in [-0.05, 0) is 36.0 Å². The van der Waals surface area contributed by atoms with E-state index in [-0.39, 0.29) is 6.54 Å². The number of rotatable bonds is 5. The van der Waals surface area contributed by atoms with Crippen molar-refractivity contribution in [3.63, 3.8) is 0 Å². The van der Waals surface area contributed by atoms with E-state index in [0.29, 0.717) is 37.8 Å². The third kappa shape index (κ3) is 3.47. The number of nitriles is 1. The summed E-state index contributed by atoms with van der Waals surface area (Å²) in [6.45, 7) is 1.88. The molecule has 0 radical (unpaired) electrons. The molecule has 1 heterocycles. The lowest BCUT2D eigenvalue weighted by molar-refractivity contribution is 0.0725. The average Bonchev–Trinajstić information content (AvgIpc) is 3.38. The van der Waals surface area contributed by atoms with Crippen molar-refractivity contribution in [1.82, 2.24) is 9.03 Å². The highest BCUT2D eigenvalue weighted by atomic mass is 32.2. The van der Waals surface area contributed by atoms with E-state index in [1.54, 1.807) is 6.07 Å². The van der Waals surface area contributed by atoms with E-state index in [9.17, 15) is 8.42 Å². The number of hydrogen-bond donors (Lipinski definition) is 1. The van der Waals surface area contributed by atoms with Gasteiger partial charge in [-0.15, -0.1) is 0 Å². The molecule has 0 unspecified atom stereocenters. The van der Waals surface area contributed by atoms with Crippen LogP contribution in [-0.4, -0.2) is 39.0 Å². The van der Waals surface area contributed by atoms with Crippen molar-refractivity contribution in [3.8, 4) is 6.07 Å². The zero-order valence-electron chi connectivity index (χ0n) is 12.3. The largest absolute Gasteiger partial charge is 0.379 e. The molecule has 1 N–H and O–H groups in total. The van der Waals surface area contributed by atoms with Crippen LogP contribution in [0.15, 0.2) is 18.2 Å². The first kappa shape index (κ1) is 15.4. The highest BCUT2D eigenvalue weighted by Gasteiger charge is 2.27. The third-order valence-corrected chi connectivity index (χ3v) is 5.58. The fourth-order valence-electron chi connectivity index (χ4n) is 2.61. The van der Waals surface area contributed by atoms with E-state index in [1.807, 2.05) is 12.1 Å². The first-order valence-corrected chi connectivity index (χ1v) is 8.89. The Kier molecular flexibility index (Phi) is 4.45. The summed E-state index contributed by atoms with van der Waals surface area (Å²) in [6.07, 6.45) is 2.22. The Morgan fingerprint density at radius 1 is 1.32 bits per heavy atom. The van der Waals surface area contributed by atoms with Crippen molar-refractivity contribution in [3.05, 3.63) is 34.9 Å². The van der Waals surface area contributed by atoms with Crippen molar-refractivity contribution in [2.24, 2.45) is 0 Å². The highest BCUT2D eigenvalue weighted by molar-refractivity contribution is 7.87. The molecule has 0 atom stereocenters. The lowest BCUT2D eigenvalue weighted by Crippen LogP contribution is -2.46. The predicted octanol–water partition coefficient (Wildman–Crippen LogP) is 1.10. The summed E-state index contributed by atoms with van der Waals surface area (Å²) in [5.41, 5.74) is 2.63. The second kappa shape index (κ2) is 6.34. The number of nitrogens with zero attached hydrogens (tertiary/aromatic N) is 2. The van der Waals surface area contributed by atoms with Gasteiger partial charge < -0.3 is 4.74 Å². The zero-order valence-corrected chi connectivity index (χ0v) is 13.1. The van der Waals surface area contributed by atoms with E-state index >= 15 is 0 Å². The second-order valence-electron chi connectivity index (χ2n) is 5.65. The maximum Gasteiger partial charge on any atom is 0.279 e. The van der Waals surface area contributed by atoms with Crippen LogP contribution in [0.5, 0.6) is 0 Å². The molecule has 0 amide bonds. The molecule has 0 aromatic heterocycles. The standard InChI is InChI=1S/C15H19N3O3S/c16-10-14-2-1-12(9-15(14)13-3-4-13)11-17-22(19,20)18-5-7-21-8-6-18/h1-2,9,13,17H,3-8,11H2. The van der Waals surface area contributed by atoms with E-state index < -0.39 is 10.2 Å². The molecule has 118 valence electrons. The number of hydrogen-bond acceptors (Lipinski definition) is 4. The molecule has 2 aliphatic rings. The Morgan fingerprint density at radius 2 is 2.05 bits per heavy atom. The molecule has 3 rings (SSSR count). The molecule has 1 aromatic carbocycles. The first-order valence-electron chi connectivity index (χ1n) is 7.45. The maximum absolute atomic E-state index is 12.2. The number of morpholine rings is 1. The SMILES string of the molecule is N#Cc1ccc(CNS(=O)(=O)N2CCOCC2)cc1C1CC1. The molecule has 1 saturated carbocycles. The lowest BCUT2D eigenvalue weighted by atomic mass is 10.0. The molecule has 1 aliphatic heterocycles. The van der Waals surface area contributed by atoms with Gasteiger partial charge in [-0.2, -0.15) is 22.7 Å². The van der Waals surface area contributed by atoms with Crippen molar-refractivity contribution in [2.75, 3.05) is 26.3 Å². The van der Waals surface area contributed by atoms with Crippen LogP contribution in [0, 0.1) is 11.3 Å². The summed E-state index contributed by atoms with van der Waals surface area (Å²) in [5.74, 6) is 0.463. The minimum Gasteiger partial charge on any atom is -0.379 e. The van der Waals surface area contributed by atoms with Gasteiger partial charge in [-0.25, -0.2) is 0 Å². The smallest absolute Gasteiger partial charge is 0.279 e. The molecule has 0 spiro atoms. The van der Waals surface area contributed by atoms with Gasteiger partial charge in [-0.1, -0.05) is 12.1 Å². The van der Waals surface area contributed by atoms with E-state index in [2.05, 4.69) is 10.8 Å². The predicted molar refractivity (Wildman–Crippen MR) is 81.3 cm³/mol. The fraction of sp³-hybridized carbons (Fsp3) is 0.533. The Balaban J connectivity index is 1.68. The Bertz CT molecular complexity index is 686. The topological polar surface area (TPSA) is 82.4 Å². The van der Waals surface area contributed by atoms with Gasteiger partial charge >= 0.3 is 0 Å². The average molecular weight is 321 g/mol. The summed E-state index contributed by atoms with van der Waals surface area (Å²) in [6, 6.07) is 7.76. The molecule has 1 aromatic rings. The van der Waals surface area contributed by atoms with Gasteiger partial charge in [0.25, 0.3) is 10.2 Å². The third-order valence-electron chi connectivity index (χ3n) is 4.02. The highest BCUT2D eigenvalue weighted by Crippen LogP contribution is 2.41. The molecule has 1 saturated heterocycles. The van der Waals surface area contributed by atoms with Crippen LogP contribution in [0.25, 0.3) is 0 Å². The molecule has 6 nitrogen and oxygen atoms in total. The Hall–Kier alpha value is -1.46.